The van der Waals surface area contributed by atoms with Crippen molar-refractivity contribution in [3.05, 3.63) is 22.7 Å². The molecule has 0 spiro atoms. The lowest BCUT2D eigenvalue weighted by atomic mass is 10.1. The van der Waals surface area contributed by atoms with Crippen LogP contribution >= 0.6 is 11.6 Å². The highest BCUT2D eigenvalue weighted by atomic mass is 35.5. The van der Waals surface area contributed by atoms with Crippen LogP contribution in [0, 0.1) is 6.92 Å². The third-order valence-corrected chi connectivity index (χ3v) is 5.43. The second-order valence-electron chi connectivity index (χ2n) is 5.37. The topological polar surface area (TPSA) is 72.2 Å². The van der Waals surface area contributed by atoms with Gasteiger partial charge in [-0.05, 0) is 37.5 Å². The number of sulfonamides is 1. The molecule has 0 fully saturated rings. The third kappa shape index (κ3) is 5.16. The van der Waals surface area contributed by atoms with Crippen LogP contribution in [0.3, 0.4) is 0 Å². The van der Waals surface area contributed by atoms with Gasteiger partial charge in [0.25, 0.3) is 0 Å². The van der Waals surface area contributed by atoms with Crippen LogP contribution in [0.15, 0.2) is 17.0 Å². The normalized spacial score (nSPS) is 13.3. The average molecular weight is 333 g/mol. The summed E-state index contributed by atoms with van der Waals surface area (Å²) in [5, 5.41) is 0.371. The lowest BCUT2D eigenvalue weighted by Gasteiger charge is -2.18. The van der Waals surface area contributed by atoms with E-state index in [2.05, 4.69) is 11.6 Å². The first-order valence-electron chi connectivity index (χ1n) is 7.39. The van der Waals surface area contributed by atoms with E-state index in [1.54, 1.807) is 6.92 Å². The Hall–Kier alpha value is -0.780. The molecule has 0 saturated carbocycles. The van der Waals surface area contributed by atoms with E-state index >= 15 is 0 Å². The van der Waals surface area contributed by atoms with Crippen LogP contribution in [0.2, 0.25) is 5.02 Å². The van der Waals surface area contributed by atoms with Gasteiger partial charge >= 0.3 is 0 Å². The predicted molar refractivity (Wildman–Crippen MR) is 89.1 cm³/mol. The first-order valence-corrected chi connectivity index (χ1v) is 9.25. The van der Waals surface area contributed by atoms with E-state index in [0.717, 1.165) is 32.1 Å². The summed E-state index contributed by atoms with van der Waals surface area (Å²) in [7, 11) is -3.59. The zero-order valence-electron chi connectivity index (χ0n) is 12.9. The van der Waals surface area contributed by atoms with E-state index in [1.807, 2.05) is 6.92 Å². The Kier molecular flexibility index (Phi) is 6.97. The molecule has 0 aliphatic rings. The molecule has 0 aliphatic carbocycles. The van der Waals surface area contributed by atoms with Crippen LogP contribution in [0.4, 0.5) is 5.69 Å². The summed E-state index contributed by atoms with van der Waals surface area (Å²) in [5.41, 5.74) is 6.90. The Labute approximate surface area is 133 Å². The molecule has 0 amide bonds. The van der Waals surface area contributed by atoms with Crippen molar-refractivity contribution in [2.45, 2.75) is 63.8 Å². The molecule has 1 rings (SSSR count). The maximum absolute atomic E-state index is 12.5. The Morgan fingerprint density at radius 2 is 1.90 bits per heavy atom. The summed E-state index contributed by atoms with van der Waals surface area (Å²) in [6.07, 6.45) is 4.66. The van der Waals surface area contributed by atoms with Gasteiger partial charge in [0, 0.05) is 16.8 Å². The van der Waals surface area contributed by atoms with Crippen LogP contribution in [0.5, 0.6) is 0 Å². The second-order valence-corrected chi connectivity index (χ2v) is 7.49. The fourth-order valence-electron chi connectivity index (χ4n) is 2.18. The number of benzene rings is 1. The first-order chi connectivity index (χ1) is 9.81. The predicted octanol–water partition coefficient (Wildman–Crippen LogP) is 3.87. The molecule has 4 nitrogen and oxygen atoms in total. The number of nitrogens with one attached hydrogen (secondary N) is 1. The molecule has 3 N–H and O–H groups in total. The van der Waals surface area contributed by atoms with E-state index in [4.69, 9.17) is 17.3 Å². The number of halogens is 1. The van der Waals surface area contributed by atoms with Crippen molar-refractivity contribution in [1.82, 2.24) is 4.72 Å². The molecule has 0 bridgehead atoms. The monoisotopic (exact) mass is 332 g/mol. The summed E-state index contributed by atoms with van der Waals surface area (Å²) in [5.74, 6) is 0. The fraction of sp³-hybridized carbons (Fsp3) is 0.600. The van der Waals surface area contributed by atoms with Crippen molar-refractivity contribution in [1.29, 1.82) is 0 Å². The molecule has 120 valence electrons. The standard InChI is InChI=1S/C15H25ClN2O2S/c1-4-6-8-12(7-5-2)18-21(19,20)13-9-14(16)11(3)15(17)10-13/h9-10,12,18H,4-8,17H2,1-3H3. The van der Waals surface area contributed by atoms with Crippen molar-refractivity contribution in [2.75, 3.05) is 5.73 Å². The van der Waals surface area contributed by atoms with E-state index in [-0.39, 0.29) is 10.9 Å². The average Bonchev–Trinajstić information content (AvgIpc) is 2.41. The molecule has 6 heteroatoms. The molecule has 1 atom stereocenters. The second kappa shape index (κ2) is 8.01. The van der Waals surface area contributed by atoms with Crippen LogP contribution in [-0.2, 0) is 10.0 Å². The molecule has 0 aliphatic heterocycles. The molecule has 1 aromatic rings. The molecule has 21 heavy (non-hydrogen) atoms. The zero-order chi connectivity index (χ0) is 16.0. The molecule has 0 radical (unpaired) electrons. The van der Waals surface area contributed by atoms with Crippen molar-refractivity contribution < 1.29 is 8.42 Å². The molecule has 1 aromatic carbocycles. The van der Waals surface area contributed by atoms with E-state index in [9.17, 15) is 8.42 Å². The Balaban J connectivity index is 2.98. The number of rotatable bonds is 8. The number of anilines is 1. The minimum absolute atomic E-state index is 0.0405. The molecule has 1 unspecified atom stereocenters. The summed E-state index contributed by atoms with van der Waals surface area (Å²) in [6, 6.07) is 2.88. The largest absolute Gasteiger partial charge is 0.398 e. The van der Waals surface area contributed by atoms with Gasteiger partial charge in [0.05, 0.1) is 4.90 Å². The van der Waals surface area contributed by atoms with Crippen molar-refractivity contribution >= 4 is 27.3 Å². The van der Waals surface area contributed by atoms with Gasteiger partial charge in [-0.2, -0.15) is 0 Å². The van der Waals surface area contributed by atoms with Crippen LogP contribution in [0.1, 0.15) is 51.5 Å². The zero-order valence-corrected chi connectivity index (χ0v) is 14.5. The molecular weight excluding hydrogens is 308 g/mol. The van der Waals surface area contributed by atoms with Crippen LogP contribution < -0.4 is 10.5 Å². The smallest absolute Gasteiger partial charge is 0.240 e. The van der Waals surface area contributed by atoms with Gasteiger partial charge in [-0.3, -0.25) is 0 Å². The van der Waals surface area contributed by atoms with Crippen LogP contribution in [0.25, 0.3) is 0 Å². The minimum Gasteiger partial charge on any atom is -0.398 e. The Morgan fingerprint density at radius 3 is 2.43 bits per heavy atom. The van der Waals surface area contributed by atoms with Gasteiger partial charge in [-0.25, -0.2) is 13.1 Å². The number of hydrogen-bond donors (Lipinski definition) is 2. The van der Waals surface area contributed by atoms with E-state index in [0.29, 0.717) is 16.3 Å². The Bertz CT molecular complexity index is 550. The van der Waals surface area contributed by atoms with Crippen LogP contribution in [-0.4, -0.2) is 14.5 Å². The molecule has 0 saturated heterocycles. The van der Waals surface area contributed by atoms with Crippen molar-refractivity contribution in [3.8, 4) is 0 Å². The van der Waals surface area contributed by atoms with E-state index < -0.39 is 10.0 Å². The number of nitrogens with two attached hydrogens (primary N) is 1. The lowest BCUT2D eigenvalue weighted by molar-refractivity contribution is 0.483. The number of nitrogen functional groups attached to an aromatic ring is 1. The third-order valence-electron chi connectivity index (χ3n) is 3.53. The molecule has 0 heterocycles. The van der Waals surface area contributed by atoms with Gasteiger partial charge in [-0.1, -0.05) is 44.7 Å². The number of unbranched alkanes of at least 4 members (excludes halogenated alkanes) is 1. The van der Waals surface area contributed by atoms with Gasteiger partial charge in [0.1, 0.15) is 0 Å². The number of hydrogen-bond acceptors (Lipinski definition) is 3. The minimum atomic E-state index is -3.59. The fourth-order valence-corrected chi connectivity index (χ4v) is 3.84. The summed E-state index contributed by atoms with van der Waals surface area (Å²) >= 11 is 6.03. The highest BCUT2D eigenvalue weighted by Crippen LogP contribution is 2.26. The first kappa shape index (κ1) is 18.3. The van der Waals surface area contributed by atoms with Gasteiger partial charge in [0.15, 0.2) is 0 Å². The molecule has 0 aromatic heterocycles. The Morgan fingerprint density at radius 1 is 1.24 bits per heavy atom. The van der Waals surface area contributed by atoms with Gasteiger partial charge in [0.2, 0.25) is 10.0 Å². The quantitative estimate of drug-likeness (QED) is 0.710. The molecular formula is C15H25ClN2O2S. The summed E-state index contributed by atoms with van der Waals surface area (Å²) in [4.78, 5) is 0.133. The summed E-state index contributed by atoms with van der Waals surface area (Å²) in [6.45, 7) is 5.91. The summed E-state index contributed by atoms with van der Waals surface area (Å²) < 4.78 is 27.7. The highest BCUT2D eigenvalue weighted by Gasteiger charge is 2.21. The van der Waals surface area contributed by atoms with E-state index in [1.165, 1.54) is 12.1 Å². The van der Waals surface area contributed by atoms with Crippen molar-refractivity contribution in [2.24, 2.45) is 0 Å². The van der Waals surface area contributed by atoms with Gasteiger partial charge in [-0.15, -0.1) is 0 Å². The maximum Gasteiger partial charge on any atom is 0.240 e. The highest BCUT2D eigenvalue weighted by molar-refractivity contribution is 7.89. The van der Waals surface area contributed by atoms with Gasteiger partial charge < -0.3 is 5.73 Å². The maximum atomic E-state index is 12.5. The SMILES string of the molecule is CCCCC(CCC)NS(=O)(=O)c1cc(N)c(C)c(Cl)c1. The van der Waals surface area contributed by atoms with Crippen molar-refractivity contribution in [3.63, 3.8) is 0 Å². The lowest BCUT2D eigenvalue weighted by Crippen LogP contribution is -2.34.